The van der Waals surface area contributed by atoms with Crippen LogP contribution in [0.2, 0.25) is 0 Å². The lowest BCUT2D eigenvalue weighted by Crippen LogP contribution is -2.31. The van der Waals surface area contributed by atoms with Crippen molar-refractivity contribution in [1.82, 2.24) is 0 Å². The van der Waals surface area contributed by atoms with E-state index < -0.39 is 11.0 Å². The van der Waals surface area contributed by atoms with Crippen molar-refractivity contribution in [3.8, 4) is 5.75 Å². The zero-order chi connectivity index (χ0) is 16.8. The number of hydrogen-bond donors (Lipinski definition) is 2. The Bertz CT molecular complexity index is 704. The smallest absolute Gasteiger partial charge is 0.273 e. The molecule has 0 unspecified atom stereocenters. The molecule has 0 bridgehead atoms. The fourth-order valence-electron chi connectivity index (χ4n) is 1.99. The van der Waals surface area contributed by atoms with Crippen LogP contribution in [0.3, 0.4) is 0 Å². The SMILES string of the molecule is COc1cc([N+](=O)[O-])ccc1NC(=O)[C@H](C)Nc1ccccc1. The average molecular weight is 315 g/mol. The molecule has 0 radical (unpaired) electrons. The third-order valence-corrected chi connectivity index (χ3v) is 3.20. The summed E-state index contributed by atoms with van der Waals surface area (Å²) in [5.74, 6) is -0.0412. The Morgan fingerprint density at radius 3 is 2.52 bits per heavy atom. The maximum atomic E-state index is 12.2. The molecular weight excluding hydrogens is 298 g/mol. The monoisotopic (exact) mass is 315 g/mol. The van der Waals surface area contributed by atoms with Crippen molar-refractivity contribution in [2.24, 2.45) is 0 Å². The van der Waals surface area contributed by atoms with E-state index in [2.05, 4.69) is 10.6 Å². The second-order valence-electron chi connectivity index (χ2n) is 4.86. The summed E-state index contributed by atoms with van der Waals surface area (Å²) < 4.78 is 5.10. The number of carbonyl (C=O) groups is 1. The molecular formula is C16H17N3O4. The van der Waals surface area contributed by atoms with Crippen molar-refractivity contribution in [2.75, 3.05) is 17.7 Å². The van der Waals surface area contributed by atoms with E-state index in [1.165, 1.54) is 25.3 Å². The van der Waals surface area contributed by atoms with Crippen molar-refractivity contribution in [3.63, 3.8) is 0 Å². The molecule has 0 heterocycles. The van der Waals surface area contributed by atoms with Gasteiger partial charge in [-0.3, -0.25) is 14.9 Å². The van der Waals surface area contributed by atoms with Crippen LogP contribution in [0.4, 0.5) is 17.1 Å². The number of rotatable bonds is 6. The van der Waals surface area contributed by atoms with Crippen LogP contribution in [0, 0.1) is 10.1 Å². The molecule has 1 atom stereocenters. The third-order valence-electron chi connectivity index (χ3n) is 3.20. The largest absolute Gasteiger partial charge is 0.494 e. The number of ether oxygens (including phenoxy) is 1. The van der Waals surface area contributed by atoms with Gasteiger partial charge in [0.25, 0.3) is 5.69 Å². The number of benzene rings is 2. The van der Waals surface area contributed by atoms with E-state index in [1.54, 1.807) is 6.92 Å². The molecule has 0 aromatic heterocycles. The lowest BCUT2D eigenvalue weighted by atomic mass is 10.2. The molecule has 23 heavy (non-hydrogen) atoms. The van der Waals surface area contributed by atoms with E-state index in [-0.39, 0.29) is 17.3 Å². The topological polar surface area (TPSA) is 93.5 Å². The Balaban J connectivity index is 2.08. The summed E-state index contributed by atoms with van der Waals surface area (Å²) in [7, 11) is 1.39. The molecule has 2 aromatic carbocycles. The number of hydrogen-bond acceptors (Lipinski definition) is 5. The zero-order valence-corrected chi connectivity index (χ0v) is 12.8. The minimum absolute atomic E-state index is 0.102. The molecule has 120 valence electrons. The Kier molecular flexibility index (Phi) is 5.14. The summed E-state index contributed by atoms with van der Waals surface area (Å²) in [6.07, 6.45) is 0. The summed E-state index contributed by atoms with van der Waals surface area (Å²) in [6, 6.07) is 12.9. The summed E-state index contributed by atoms with van der Waals surface area (Å²) in [4.78, 5) is 22.5. The Morgan fingerprint density at radius 1 is 1.22 bits per heavy atom. The molecule has 1 amide bonds. The van der Waals surface area contributed by atoms with Crippen LogP contribution in [0.15, 0.2) is 48.5 Å². The molecule has 0 saturated heterocycles. The number of nitrogens with zero attached hydrogens (tertiary/aromatic N) is 1. The van der Waals surface area contributed by atoms with Gasteiger partial charge in [-0.25, -0.2) is 0 Å². The average Bonchev–Trinajstić information content (AvgIpc) is 2.55. The minimum atomic E-state index is -0.520. The molecule has 7 heteroatoms. The van der Waals surface area contributed by atoms with Gasteiger partial charge in [-0.1, -0.05) is 18.2 Å². The van der Waals surface area contributed by atoms with Crippen LogP contribution in [0.1, 0.15) is 6.92 Å². The zero-order valence-electron chi connectivity index (χ0n) is 12.8. The van der Waals surface area contributed by atoms with Gasteiger partial charge in [-0.15, -0.1) is 0 Å². The second-order valence-corrected chi connectivity index (χ2v) is 4.86. The van der Waals surface area contributed by atoms with Gasteiger partial charge in [-0.2, -0.15) is 0 Å². The lowest BCUT2D eigenvalue weighted by molar-refractivity contribution is -0.384. The van der Waals surface area contributed by atoms with Gasteiger partial charge in [0.15, 0.2) is 0 Å². The minimum Gasteiger partial charge on any atom is -0.494 e. The first kappa shape index (κ1) is 16.3. The molecule has 2 aromatic rings. The maximum absolute atomic E-state index is 12.2. The van der Waals surface area contributed by atoms with Crippen molar-refractivity contribution < 1.29 is 14.5 Å². The predicted octanol–water partition coefficient (Wildman–Crippen LogP) is 3.04. The molecule has 7 nitrogen and oxygen atoms in total. The lowest BCUT2D eigenvalue weighted by Gasteiger charge is -2.16. The van der Waals surface area contributed by atoms with Crippen LogP contribution in [0.5, 0.6) is 5.75 Å². The van der Waals surface area contributed by atoms with Gasteiger partial charge >= 0.3 is 0 Å². The van der Waals surface area contributed by atoms with Crippen molar-refractivity contribution in [2.45, 2.75) is 13.0 Å². The van der Waals surface area contributed by atoms with Crippen LogP contribution >= 0.6 is 0 Å². The number of amides is 1. The van der Waals surface area contributed by atoms with E-state index in [0.717, 1.165) is 5.69 Å². The Labute approximate surface area is 133 Å². The predicted molar refractivity (Wildman–Crippen MR) is 87.8 cm³/mol. The van der Waals surface area contributed by atoms with Gasteiger partial charge in [0, 0.05) is 11.8 Å². The van der Waals surface area contributed by atoms with E-state index >= 15 is 0 Å². The summed E-state index contributed by atoms with van der Waals surface area (Å²) in [6.45, 7) is 1.72. The summed E-state index contributed by atoms with van der Waals surface area (Å²) in [5.41, 5.74) is 1.10. The van der Waals surface area contributed by atoms with E-state index in [1.807, 2.05) is 30.3 Å². The van der Waals surface area contributed by atoms with Crippen LogP contribution in [-0.2, 0) is 4.79 Å². The molecule has 0 aliphatic rings. The van der Waals surface area contributed by atoms with Gasteiger partial charge in [0.1, 0.15) is 11.8 Å². The molecule has 2 N–H and O–H groups in total. The van der Waals surface area contributed by atoms with Gasteiger partial charge in [-0.05, 0) is 25.1 Å². The molecule has 0 aliphatic carbocycles. The van der Waals surface area contributed by atoms with Crippen molar-refractivity contribution in [1.29, 1.82) is 0 Å². The highest BCUT2D eigenvalue weighted by Gasteiger charge is 2.17. The van der Waals surface area contributed by atoms with E-state index in [9.17, 15) is 14.9 Å². The Hall–Kier alpha value is -3.09. The highest BCUT2D eigenvalue weighted by Crippen LogP contribution is 2.29. The normalized spacial score (nSPS) is 11.4. The quantitative estimate of drug-likeness (QED) is 0.631. The van der Waals surface area contributed by atoms with Crippen LogP contribution < -0.4 is 15.4 Å². The van der Waals surface area contributed by atoms with Crippen LogP contribution in [0.25, 0.3) is 0 Å². The third kappa shape index (κ3) is 4.19. The van der Waals surface area contributed by atoms with E-state index in [0.29, 0.717) is 5.69 Å². The second kappa shape index (κ2) is 7.26. The first-order valence-corrected chi connectivity index (χ1v) is 6.96. The van der Waals surface area contributed by atoms with Crippen LogP contribution in [-0.4, -0.2) is 24.0 Å². The highest BCUT2D eigenvalue weighted by atomic mass is 16.6. The van der Waals surface area contributed by atoms with E-state index in [4.69, 9.17) is 4.74 Å². The first-order chi connectivity index (χ1) is 11.0. The highest BCUT2D eigenvalue weighted by molar-refractivity contribution is 5.97. The number of non-ortho nitro benzene ring substituents is 1. The molecule has 2 rings (SSSR count). The van der Waals surface area contributed by atoms with Crippen molar-refractivity contribution >= 4 is 23.0 Å². The molecule has 0 fully saturated rings. The number of nitro groups is 1. The van der Waals surface area contributed by atoms with Gasteiger partial charge < -0.3 is 15.4 Å². The summed E-state index contributed by atoms with van der Waals surface area (Å²) >= 11 is 0. The number of nitrogens with one attached hydrogen (secondary N) is 2. The maximum Gasteiger partial charge on any atom is 0.273 e. The number of anilines is 2. The first-order valence-electron chi connectivity index (χ1n) is 6.96. The number of nitro benzene ring substituents is 1. The standard InChI is InChI=1S/C16H17N3O4/c1-11(17-12-6-4-3-5-7-12)16(20)18-14-9-8-13(19(21)22)10-15(14)23-2/h3-11,17H,1-2H3,(H,18,20)/t11-/m0/s1. The summed E-state index contributed by atoms with van der Waals surface area (Å²) in [5, 5.41) is 16.5. The number of methoxy groups -OCH3 is 1. The van der Waals surface area contributed by atoms with Gasteiger partial charge in [0.2, 0.25) is 5.91 Å². The fourth-order valence-corrected chi connectivity index (χ4v) is 1.99. The molecule has 0 aliphatic heterocycles. The number of para-hydroxylation sites is 1. The number of carbonyl (C=O) groups excluding carboxylic acids is 1. The van der Waals surface area contributed by atoms with Gasteiger partial charge in [0.05, 0.1) is 23.8 Å². The molecule has 0 saturated carbocycles. The fraction of sp³-hybridized carbons (Fsp3) is 0.188. The van der Waals surface area contributed by atoms with Crippen molar-refractivity contribution in [3.05, 3.63) is 58.6 Å². The molecule has 0 spiro atoms. The Morgan fingerprint density at radius 2 is 1.91 bits per heavy atom.